The van der Waals surface area contributed by atoms with Crippen LogP contribution in [0.1, 0.15) is 18.9 Å². The summed E-state index contributed by atoms with van der Waals surface area (Å²) in [4.78, 5) is 12.6. The van der Waals surface area contributed by atoms with Crippen LogP contribution in [0, 0.1) is 6.92 Å². The van der Waals surface area contributed by atoms with Gasteiger partial charge in [0.15, 0.2) is 5.82 Å². The van der Waals surface area contributed by atoms with Gasteiger partial charge in [-0.2, -0.15) is 10.2 Å². The van der Waals surface area contributed by atoms with Crippen molar-refractivity contribution in [1.29, 1.82) is 0 Å². The van der Waals surface area contributed by atoms with Crippen molar-refractivity contribution in [3.05, 3.63) is 66.4 Å². The number of nitrogens with one attached hydrogen (secondary N) is 1. The van der Waals surface area contributed by atoms with Crippen LogP contribution in [0.25, 0.3) is 22.2 Å². The van der Waals surface area contributed by atoms with Gasteiger partial charge >= 0.3 is 0 Å². The van der Waals surface area contributed by atoms with Crippen molar-refractivity contribution >= 4 is 22.6 Å². The summed E-state index contributed by atoms with van der Waals surface area (Å²) in [6.45, 7) is 5.12. The number of aryl methyl sites for hydroxylation is 2. The van der Waals surface area contributed by atoms with Crippen molar-refractivity contribution in [2.75, 3.05) is 5.32 Å². The third-order valence-corrected chi connectivity index (χ3v) is 4.72. The lowest BCUT2D eigenvalue weighted by Crippen LogP contribution is -2.19. The van der Waals surface area contributed by atoms with Crippen LogP contribution in [-0.2, 0) is 17.9 Å². The molecule has 6 nitrogen and oxygen atoms in total. The quantitative estimate of drug-likeness (QED) is 0.549. The van der Waals surface area contributed by atoms with Crippen LogP contribution in [0.5, 0.6) is 0 Å². The molecule has 1 N–H and O–H groups in total. The van der Waals surface area contributed by atoms with Gasteiger partial charge in [0.2, 0.25) is 5.91 Å². The predicted molar refractivity (Wildman–Crippen MR) is 111 cm³/mol. The Morgan fingerprint density at radius 1 is 1.04 bits per heavy atom. The van der Waals surface area contributed by atoms with E-state index in [1.54, 1.807) is 4.68 Å². The number of rotatable bonds is 6. The van der Waals surface area contributed by atoms with E-state index in [1.807, 2.05) is 59.4 Å². The zero-order valence-corrected chi connectivity index (χ0v) is 16.1. The molecule has 0 aliphatic rings. The summed E-state index contributed by atoms with van der Waals surface area (Å²) >= 11 is 0. The maximum atomic E-state index is 12.6. The number of amides is 1. The number of anilines is 1. The third kappa shape index (κ3) is 3.53. The number of carbonyl (C=O) groups is 1. The highest BCUT2D eigenvalue weighted by Crippen LogP contribution is 2.23. The van der Waals surface area contributed by atoms with Gasteiger partial charge in [0.25, 0.3) is 0 Å². The van der Waals surface area contributed by atoms with Crippen molar-refractivity contribution in [1.82, 2.24) is 19.6 Å². The molecular formula is C22H23N5O. The predicted octanol–water partition coefficient (Wildman–Crippen LogP) is 4.26. The van der Waals surface area contributed by atoms with Gasteiger partial charge in [-0.05, 0) is 37.1 Å². The number of fused-ring (bicyclic) bond motifs is 1. The van der Waals surface area contributed by atoms with E-state index in [9.17, 15) is 4.79 Å². The minimum atomic E-state index is -0.147. The molecule has 1 amide bonds. The lowest BCUT2D eigenvalue weighted by atomic mass is 10.1. The van der Waals surface area contributed by atoms with Gasteiger partial charge in [-0.1, -0.05) is 43.3 Å². The van der Waals surface area contributed by atoms with Gasteiger partial charge < -0.3 is 5.32 Å². The lowest BCUT2D eigenvalue weighted by Gasteiger charge is -2.04. The molecule has 0 atom stereocenters. The number of para-hydroxylation sites is 1. The second-order valence-electron chi connectivity index (χ2n) is 6.85. The molecule has 0 unspecified atom stereocenters. The molecule has 4 rings (SSSR count). The number of benzene rings is 2. The van der Waals surface area contributed by atoms with Crippen molar-refractivity contribution < 1.29 is 4.79 Å². The van der Waals surface area contributed by atoms with Gasteiger partial charge in [-0.15, -0.1) is 0 Å². The highest BCUT2D eigenvalue weighted by Gasteiger charge is 2.13. The summed E-state index contributed by atoms with van der Waals surface area (Å²) in [5.74, 6) is 0.451. The van der Waals surface area contributed by atoms with E-state index >= 15 is 0 Å². The summed E-state index contributed by atoms with van der Waals surface area (Å²) in [7, 11) is 0. The fraction of sp³-hybridized carbons (Fsp3) is 0.227. The summed E-state index contributed by atoms with van der Waals surface area (Å²) < 4.78 is 3.59. The topological polar surface area (TPSA) is 64.7 Å². The number of carbonyl (C=O) groups excluding carboxylic acids is 1. The van der Waals surface area contributed by atoms with E-state index in [2.05, 4.69) is 35.4 Å². The van der Waals surface area contributed by atoms with Crippen molar-refractivity contribution in [2.24, 2.45) is 0 Å². The van der Waals surface area contributed by atoms with Gasteiger partial charge in [0, 0.05) is 23.7 Å². The van der Waals surface area contributed by atoms with Gasteiger partial charge in [-0.25, -0.2) is 0 Å². The Balaban J connectivity index is 1.51. The van der Waals surface area contributed by atoms with Crippen LogP contribution in [0.4, 0.5) is 5.82 Å². The minimum Gasteiger partial charge on any atom is -0.307 e. The molecule has 2 aromatic carbocycles. The Morgan fingerprint density at radius 2 is 1.82 bits per heavy atom. The van der Waals surface area contributed by atoms with E-state index in [0.717, 1.165) is 40.7 Å². The Kier molecular flexibility index (Phi) is 4.93. The largest absolute Gasteiger partial charge is 0.307 e. The second kappa shape index (κ2) is 7.68. The Labute approximate surface area is 163 Å². The molecule has 0 radical (unpaired) electrons. The molecule has 0 aliphatic heterocycles. The molecule has 0 aliphatic carbocycles. The average Bonchev–Trinajstić information content (AvgIpc) is 3.28. The van der Waals surface area contributed by atoms with Crippen LogP contribution in [0.2, 0.25) is 0 Å². The summed E-state index contributed by atoms with van der Waals surface area (Å²) in [6.07, 6.45) is 2.81. The number of aromatic nitrogens is 4. The fourth-order valence-electron chi connectivity index (χ4n) is 3.37. The highest BCUT2D eigenvalue weighted by atomic mass is 16.2. The normalized spacial score (nSPS) is 11.1. The van der Waals surface area contributed by atoms with E-state index in [0.29, 0.717) is 5.82 Å². The van der Waals surface area contributed by atoms with Crippen LogP contribution in [0.15, 0.2) is 60.8 Å². The van der Waals surface area contributed by atoms with Gasteiger partial charge in [-0.3, -0.25) is 14.2 Å². The molecule has 6 heteroatoms. The van der Waals surface area contributed by atoms with Gasteiger partial charge in [0.1, 0.15) is 6.54 Å². The van der Waals surface area contributed by atoms with Crippen LogP contribution < -0.4 is 5.32 Å². The van der Waals surface area contributed by atoms with Crippen LogP contribution >= 0.6 is 0 Å². The first-order valence-corrected chi connectivity index (χ1v) is 9.50. The van der Waals surface area contributed by atoms with Crippen molar-refractivity contribution in [3.63, 3.8) is 0 Å². The summed E-state index contributed by atoms with van der Waals surface area (Å²) in [6, 6.07) is 18.0. The molecule has 142 valence electrons. The first-order chi connectivity index (χ1) is 13.7. The van der Waals surface area contributed by atoms with Gasteiger partial charge in [0.05, 0.1) is 11.2 Å². The summed E-state index contributed by atoms with van der Waals surface area (Å²) in [5.41, 5.74) is 4.13. The molecule has 0 bridgehead atoms. The average molecular weight is 373 g/mol. The zero-order chi connectivity index (χ0) is 19.5. The van der Waals surface area contributed by atoms with E-state index in [1.165, 1.54) is 0 Å². The van der Waals surface area contributed by atoms with Crippen LogP contribution in [0.3, 0.4) is 0 Å². The molecule has 4 aromatic rings. The SMILES string of the molecule is CCCn1nc(NC(=O)Cn2ccc(-c3ccccc3C)n2)c2ccccc21. The van der Waals surface area contributed by atoms with E-state index in [-0.39, 0.29) is 12.5 Å². The minimum absolute atomic E-state index is 0.140. The van der Waals surface area contributed by atoms with E-state index in [4.69, 9.17) is 0 Å². The molecule has 0 saturated heterocycles. The standard InChI is InChI=1S/C22H23N5O/c1-3-13-27-20-11-7-6-10-18(20)22(25-27)23-21(28)15-26-14-12-19(24-26)17-9-5-4-8-16(17)2/h4-12,14H,3,13,15H2,1-2H3,(H,23,25,28). The summed E-state index contributed by atoms with van der Waals surface area (Å²) in [5, 5.41) is 13.0. The number of hydrogen-bond donors (Lipinski definition) is 1. The molecular weight excluding hydrogens is 350 g/mol. The third-order valence-electron chi connectivity index (χ3n) is 4.72. The molecule has 2 aromatic heterocycles. The smallest absolute Gasteiger partial charge is 0.247 e. The first-order valence-electron chi connectivity index (χ1n) is 9.50. The molecule has 2 heterocycles. The zero-order valence-electron chi connectivity index (χ0n) is 16.1. The Morgan fingerprint density at radius 3 is 2.64 bits per heavy atom. The lowest BCUT2D eigenvalue weighted by molar-refractivity contribution is -0.116. The van der Waals surface area contributed by atoms with E-state index < -0.39 is 0 Å². The molecule has 0 saturated carbocycles. The molecule has 0 fully saturated rings. The van der Waals surface area contributed by atoms with Crippen molar-refractivity contribution in [3.8, 4) is 11.3 Å². The molecule has 0 spiro atoms. The van der Waals surface area contributed by atoms with Crippen LogP contribution in [-0.4, -0.2) is 25.5 Å². The first kappa shape index (κ1) is 18.0. The monoisotopic (exact) mass is 373 g/mol. The molecule has 28 heavy (non-hydrogen) atoms. The maximum Gasteiger partial charge on any atom is 0.247 e. The Bertz CT molecular complexity index is 1120. The maximum absolute atomic E-state index is 12.6. The second-order valence-corrected chi connectivity index (χ2v) is 6.85. The highest BCUT2D eigenvalue weighted by molar-refractivity contribution is 5.99. The number of hydrogen-bond acceptors (Lipinski definition) is 3. The fourth-order valence-corrected chi connectivity index (χ4v) is 3.37. The Hall–Kier alpha value is -3.41. The number of nitrogens with zero attached hydrogens (tertiary/aromatic N) is 4. The van der Waals surface area contributed by atoms with Crippen molar-refractivity contribution in [2.45, 2.75) is 33.4 Å².